The highest BCUT2D eigenvalue weighted by Gasteiger charge is 2.42. The Hall–Kier alpha value is -1.54. The fourth-order valence-electron chi connectivity index (χ4n) is 3.42. The number of methoxy groups -OCH3 is 1. The summed E-state index contributed by atoms with van der Waals surface area (Å²) in [6, 6.07) is 9.86. The summed E-state index contributed by atoms with van der Waals surface area (Å²) in [5, 5.41) is 2.01. The van der Waals surface area contributed by atoms with Crippen molar-refractivity contribution in [1.82, 2.24) is 0 Å². The van der Waals surface area contributed by atoms with Crippen molar-refractivity contribution in [3.63, 3.8) is 0 Å². The zero-order valence-corrected chi connectivity index (χ0v) is 17.8. The summed E-state index contributed by atoms with van der Waals surface area (Å²) in [4.78, 5) is 17.5. The number of carbonyl (C=O) groups excluding carboxylic acids is 1. The lowest BCUT2D eigenvalue weighted by atomic mass is 9.87. The van der Waals surface area contributed by atoms with Gasteiger partial charge in [0.2, 0.25) is 5.91 Å². The van der Waals surface area contributed by atoms with Crippen molar-refractivity contribution >= 4 is 55.8 Å². The molecule has 26 heavy (non-hydrogen) atoms. The van der Waals surface area contributed by atoms with Gasteiger partial charge in [-0.1, -0.05) is 39.0 Å². The van der Waals surface area contributed by atoms with Crippen LogP contribution < -0.4 is 9.64 Å². The number of nitrogens with zero attached hydrogens (tertiary/aromatic N) is 1. The van der Waals surface area contributed by atoms with E-state index < -0.39 is 5.54 Å². The van der Waals surface area contributed by atoms with Gasteiger partial charge in [-0.05, 0) is 43.5 Å². The fourth-order valence-corrected chi connectivity index (χ4v) is 7.40. The number of thiophene rings is 1. The Bertz CT molecular complexity index is 1030. The third-order valence-corrected chi connectivity index (χ3v) is 8.82. The maximum Gasteiger partial charge on any atom is 0.233 e. The molecule has 3 aromatic rings. The molecule has 134 valence electrons. The Kier molecular flexibility index (Phi) is 4.51. The van der Waals surface area contributed by atoms with Crippen LogP contribution in [0.1, 0.15) is 23.6 Å². The first-order valence-electron chi connectivity index (χ1n) is 8.11. The van der Waals surface area contributed by atoms with E-state index in [2.05, 4.69) is 13.8 Å². The van der Waals surface area contributed by atoms with Crippen LogP contribution in [-0.4, -0.2) is 13.0 Å². The van der Waals surface area contributed by atoms with E-state index in [1.54, 1.807) is 39.1 Å². The molecule has 0 saturated heterocycles. The highest BCUT2D eigenvalue weighted by atomic mass is 32.9. The van der Waals surface area contributed by atoms with E-state index >= 15 is 0 Å². The van der Waals surface area contributed by atoms with Crippen molar-refractivity contribution < 1.29 is 9.53 Å². The van der Waals surface area contributed by atoms with Crippen molar-refractivity contribution in [3.8, 4) is 16.9 Å². The summed E-state index contributed by atoms with van der Waals surface area (Å²) in [5.41, 5.74) is 2.53. The highest BCUT2D eigenvalue weighted by Crippen LogP contribution is 2.52. The Balaban J connectivity index is 1.90. The molecule has 0 radical (unpaired) electrons. The Morgan fingerprint density at radius 1 is 1.27 bits per heavy atom. The van der Waals surface area contributed by atoms with Gasteiger partial charge in [0, 0.05) is 16.0 Å². The van der Waals surface area contributed by atoms with Gasteiger partial charge in [-0.25, -0.2) is 0 Å². The average Bonchev–Trinajstić information content (AvgIpc) is 3.24. The van der Waals surface area contributed by atoms with Gasteiger partial charge in [-0.15, -0.1) is 11.3 Å². The molecule has 3 nitrogen and oxygen atoms in total. The Morgan fingerprint density at radius 3 is 2.77 bits per heavy atom. The van der Waals surface area contributed by atoms with Crippen LogP contribution in [0.3, 0.4) is 0 Å². The highest BCUT2D eigenvalue weighted by molar-refractivity contribution is 7.80. The molecule has 0 atom stereocenters. The number of rotatable bonds is 3. The van der Waals surface area contributed by atoms with Crippen molar-refractivity contribution in [2.45, 2.75) is 25.8 Å². The predicted octanol–water partition coefficient (Wildman–Crippen LogP) is 6.10. The van der Waals surface area contributed by atoms with E-state index in [0.29, 0.717) is 6.42 Å². The molecule has 0 aliphatic carbocycles. The first kappa shape index (κ1) is 17.9. The molecule has 1 aliphatic rings. The zero-order valence-electron chi connectivity index (χ0n) is 14.6. The lowest BCUT2D eigenvalue weighted by Gasteiger charge is -2.43. The van der Waals surface area contributed by atoms with E-state index in [1.165, 1.54) is 0 Å². The standard InChI is InChI=1S/C19H17NO2S4/c1-19(2)17-16(18(23)26-25-17)13-9-11(22-3)6-7-14(13)20(19)15(21)10-12-5-4-8-24-12/h4-9H,10H2,1-3H3. The van der Waals surface area contributed by atoms with Crippen LogP contribution in [-0.2, 0) is 16.8 Å². The van der Waals surface area contributed by atoms with Crippen molar-refractivity contribution in [3.05, 3.63) is 49.3 Å². The second kappa shape index (κ2) is 6.56. The molecule has 3 heterocycles. The lowest BCUT2D eigenvalue weighted by Crippen LogP contribution is -2.48. The smallest absolute Gasteiger partial charge is 0.233 e. The number of ether oxygens (including phenoxy) is 1. The zero-order chi connectivity index (χ0) is 18.5. The van der Waals surface area contributed by atoms with Gasteiger partial charge < -0.3 is 9.64 Å². The number of hydrogen-bond donors (Lipinski definition) is 0. The molecule has 0 bridgehead atoms. The third kappa shape index (κ3) is 2.74. The normalized spacial score (nSPS) is 14.7. The fraction of sp³-hybridized carbons (Fsp3) is 0.263. The number of carbonyl (C=O) groups is 1. The molecule has 1 aliphatic heterocycles. The molecule has 1 amide bonds. The SMILES string of the molecule is COc1ccc2c(c1)-c1c(ssc1=S)C(C)(C)N2C(=O)Cc1cccs1. The van der Waals surface area contributed by atoms with Gasteiger partial charge >= 0.3 is 0 Å². The summed E-state index contributed by atoms with van der Waals surface area (Å²) in [6.45, 7) is 4.20. The summed E-state index contributed by atoms with van der Waals surface area (Å²) >= 11 is 7.23. The lowest BCUT2D eigenvalue weighted by molar-refractivity contribution is -0.119. The molecular weight excluding hydrogens is 402 g/mol. The number of fused-ring (bicyclic) bond motifs is 3. The number of hydrogen-bond acceptors (Lipinski definition) is 6. The van der Waals surface area contributed by atoms with Gasteiger partial charge in [0.1, 0.15) is 9.57 Å². The van der Waals surface area contributed by atoms with Crippen molar-refractivity contribution in [2.24, 2.45) is 0 Å². The third-order valence-electron chi connectivity index (χ3n) is 4.62. The molecule has 0 N–H and O–H groups in total. The van der Waals surface area contributed by atoms with Gasteiger partial charge in [-0.2, -0.15) is 0 Å². The van der Waals surface area contributed by atoms with Crippen LogP contribution >= 0.6 is 44.2 Å². The molecular formula is C19H17NO2S4. The summed E-state index contributed by atoms with van der Waals surface area (Å²) < 4.78 is 6.29. The maximum absolute atomic E-state index is 13.3. The molecule has 7 heteroatoms. The molecule has 0 spiro atoms. The minimum Gasteiger partial charge on any atom is -0.497 e. The molecule has 1 aromatic carbocycles. The first-order chi connectivity index (χ1) is 12.4. The Morgan fingerprint density at radius 2 is 2.08 bits per heavy atom. The minimum absolute atomic E-state index is 0.0961. The van der Waals surface area contributed by atoms with E-state index in [0.717, 1.165) is 36.1 Å². The van der Waals surface area contributed by atoms with Crippen molar-refractivity contribution in [1.29, 1.82) is 0 Å². The second-order valence-corrected chi connectivity index (χ2v) is 10.4. The van der Waals surface area contributed by atoms with Crippen LogP contribution in [0.25, 0.3) is 11.1 Å². The number of anilines is 1. The van der Waals surface area contributed by atoms with Crippen LogP contribution in [0.15, 0.2) is 35.7 Å². The summed E-state index contributed by atoms with van der Waals surface area (Å²) in [7, 11) is 4.92. The molecule has 0 fully saturated rings. The van der Waals surface area contributed by atoms with Crippen LogP contribution in [0.4, 0.5) is 5.69 Å². The monoisotopic (exact) mass is 419 g/mol. The van der Waals surface area contributed by atoms with E-state index in [4.69, 9.17) is 17.0 Å². The van der Waals surface area contributed by atoms with E-state index in [9.17, 15) is 4.79 Å². The topological polar surface area (TPSA) is 29.5 Å². The number of benzene rings is 1. The minimum atomic E-state index is -0.441. The second-order valence-electron chi connectivity index (χ2n) is 6.59. The van der Waals surface area contributed by atoms with Gasteiger partial charge in [0.25, 0.3) is 0 Å². The molecule has 2 aromatic heterocycles. The van der Waals surface area contributed by atoms with Crippen LogP contribution in [0.5, 0.6) is 5.75 Å². The predicted molar refractivity (Wildman–Crippen MR) is 114 cm³/mol. The molecule has 0 saturated carbocycles. The van der Waals surface area contributed by atoms with Crippen molar-refractivity contribution in [2.75, 3.05) is 12.0 Å². The van der Waals surface area contributed by atoms with E-state index in [-0.39, 0.29) is 5.91 Å². The first-order valence-corrected chi connectivity index (χ1v) is 11.5. The van der Waals surface area contributed by atoms with Crippen LogP contribution in [0.2, 0.25) is 0 Å². The average molecular weight is 420 g/mol. The maximum atomic E-state index is 13.3. The largest absolute Gasteiger partial charge is 0.497 e. The van der Waals surface area contributed by atoms with Gasteiger partial charge in [0.15, 0.2) is 0 Å². The summed E-state index contributed by atoms with van der Waals surface area (Å²) in [5.74, 6) is 0.865. The quantitative estimate of drug-likeness (QED) is 0.379. The number of amides is 1. The van der Waals surface area contributed by atoms with Gasteiger partial charge in [0.05, 0.1) is 29.6 Å². The van der Waals surface area contributed by atoms with Crippen LogP contribution in [0, 0.1) is 3.82 Å². The Labute approximate surface area is 168 Å². The molecule has 0 unspecified atom stereocenters. The summed E-state index contributed by atoms with van der Waals surface area (Å²) in [6.07, 6.45) is 0.400. The van der Waals surface area contributed by atoms with Gasteiger partial charge in [-0.3, -0.25) is 4.79 Å². The van der Waals surface area contributed by atoms with E-state index in [1.807, 2.05) is 40.6 Å². The molecule has 4 rings (SSSR count).